The maximum Gasteiger partial charge on any atom is 0.231 e. The zero-order valence-corrected chi connectivity index (χ0v) is 9.21. The number of carbonyl (C=O) groups is 1. The summed E-state index contributed by atoms with van der Waals surface area (Å²) >= 11 is 0. The van der Waals surface area contributed by atoms with Crippen molar-refractivity contribution in [3.63, 3.8) is 0 Å². The Morgan fingerprint density at radius 1 is 1.50 bits per heavy atom. The van der Waals surface area contributed by atoms with Gasteiger partial charge in [0.15, 0.2) is 0 Å². The van der Waals surface area contributed by atoms with E-state index in [2.05, 4.69) is 15.3 Å². The molecular weight excluding hydrogens is 204 g/mol. The number of aromatic nitrogens is 4. The monoisotopic (exact) mass is 216 g/mol. The normalized spacial score (nSPS) is 10.4. The van der Waals surface area contributed by atoms with E-state index in [1.165, 1.54) is 10.9 Å². The third-order valence-corrected chi connectivity index (χ3v) is 2.43. The molecule has 0 saturated carbocycles. The molecule has 2 aromatic rings. The molecule has 0 aliphatic carbocycles. The Morgan fingerprint density at radius 3 is 2.94 bits per heavy atom. The van der Waals surface area contributed by atoms with Crippen LogP contribution in [0.5, 0.6) is 0 Å². The van der Waals surface area contributed by atoms with Crippen LogP contribution in [0.4, 0.5) is 0 Å². The van der Waals surface area contributed by atoms with Crippen molar-refractivity contribution in [2.45, 2.75) is 13.3 Å². The number of hydrogen-bond donors (Lipinski definition) is 0. The van der Waals surface area contributed by atoms with Crippen LogP contribution in [0.15, 0.2) is 24.5 Å². The van der Waals surface area contributed by atoms with Gasteiger partial charge in [0.1, 0.15) is 11.4 Å². The molecule has 0 radical (unpaired) electrons. The molecular formula is C11H12N4O. The van der Waals surface area contributed by atoms with E-state index in [1.54, 1.807) is 13.2 Å². The van der Waals surface area contributed by atoms with Gasteiger partial charge in [-0.2, -0.15) is 0 Å². The van der Waals surface area contributed by atoms with Gasteiger partial charge in [0.25, 0.3) is 0 Å². The lowest BCUT2D eigenvalue weighted by molar-refractivity contribution is 0.102. The van der Waals surface area contributed by atoms with Gasteiger partial charge in [0.2, 0.25) is 5.78 Å². The minimum absolute atomic E-state index is 0.134. The molecule has 0 aliphatic heterocycles. The van der Waals surface area contributed by atoms with Crippen LogP contribution in [0.2, 0.25) is 0 Å². The van der Waals surface area contributed by atoms with E-state index in [1.807, 2.05) is 19.1 Å². The molecule has 2 rings (SSSR count). The summed E-state index contributed by atoms with van der Waals surface area (Å²) < 4.78 is 1.45. The molecule has 0 unspecified atom stereocenters. The fourth-order valence-electron chi connectivity index (χ4n) is 1.54. The van der Waals surface area contributed by atoms with Crippen LogP contribution in [0.3, 0.4) is 0 Å². The maximum atomic E-state index is 12.1. The van der Waals surface area contributed by atoms with Gasteiger partial charge in [0, 0.05) is 13.2 Å². The van der Waals surface area contributed by atoms with Crippen molar-refractivity contribution in [1.82, 2.24) is 20.0 Å². The fraction of sp³-hybridized carbons (Fsp3) is 0.273. The van der Waals surface area contributed by atoms with E-state index < -0.39 is 0 Å². The van der Waals surface area contributed by atoms with Crippen LogP contribution in [0.25, 0.3) is 0 Å². The van der Waals surface area contributed by atoms with Gasteiger partial charge in [-0.1, -0.05) is 18.2 Å². The van der Waals surface area contributed by atoms with Gasteiger partial charge >= 0.3 is 0 Å². The third-order valence-electron chi connectivity index (χ3n) is 2.43. The van der Waals surface area contributed by atoms with Gasteiger partial charge in [-0.05, 0) is 18.1 Å². The number of nitrogens with zero attached hydrogens (tertiary/aromatic N) is 4. The number of pyridine rings is 1. The molecule has 0 aromatic carbocycles. The van der Waals surface area contributed by atoms with Crippen molar-refractivity contribution in [3.8, 4) is 0 Å². The van der Waals surface area contributed by atoms with Crippen molar-refractivity contribution >= 4 is 5.78 Å². The topological polar surface area (TPSA) is 60.7 Å². The number of rotatable bonds is 3. The SMILES string of the molecule is CCc1cccnc1C(=O)c1cnnn1C. The second-order valence-corrected chi connectivity index (χ2v) is 3.44. The molecule has 5 nitrogen and oxygen atoms in total. The molecule has 0 bridgehead atoms. The van der Waals surface area contributed by atoms with Gasteiger partial charge in [-0.15, -0.1) is 5.10 Å². The first-order valence-corrected chi connectivity index (χ1v) is 5.07. The van der Waals surface area contributed by atoms with Crippen molar-refractivity contribution in [1.29, 1.82) is 0 Å². The maximum absolute atomic E-state index is 12.1. The predicted octanol–water partition coefficient (Wildman–Crippen LogP) is 1.00. The Hall–Kier alpha value is -2.04. The molecule has 82 valence electrons. The highest BCUT2D eigenvalue weighted by molar-refractivity contribution is 6.07. The Balaban J connectivity index is 2.46. The molecule has 0 amide bonds. The minimum Gasteiger partial charge on any atom is -0.285 e. The van der Waals surface area contributed by atoms with Crippen LogP contribution in [0.1, 0.15) is 28.7 Å². The van der Waals surface area contributed by atoms with Crippen molar-refractivity contribution in [2.75, 3.05) is 0 Å². The average molecular weight is 216 g/mol. The van der Waals surface area contributed by atoms with Gasteiger partial charge in [-0.25, -0.2) is 4.68 Å². The minimum atomic E-state index is -0.134. The zero-order valence-electron chi connectivity index (χ0n) is 9.21. The average Bonchev–Trinajstić information content (AvgIpc) is 2.74. The summed E-state index contributed by atoms with van der Waals surface area (Å²) in [6.45, 7) is 2.00. The van der Waals surface area contributed by atoms with Crippen molar-refractivity contribution in [2.24, 2.45) is 7.05 Å². The Bertz CT molecular complexity index is 518. The molecule has 0 fully saturated rings. The summed E-state index contributed by atoms with van der Waals surface area (Å²) in [6.07, 6.45) is 3.85. The van der Waals surface area contributed by atoms with Crippen LogP contribution < -0.4 is 0 Å². The van der Waals surface area contributed by atoms with Crippen LogP contribution >= 0.6 is 0 Å². The van der Waals surface area contributed by atoms with Gasteiger partial charge in [-0.3, -0.25) is 9.78 Å². The largest absolute Gasteiger partial charge is 0.285 e. The van der Waals surface area contributed by atoms with Gasteiger partial charge < -0.3 is 0 Å². The summed E-state index contributed by atoms with van der Waals surface area (Å²) in [6, 6.07) is 3.74. The van der Waals surface area contributed by atoms with Crippen molar-refractivity contribution in [3.05, 3.63) is 41.5 Å². The van der Waals surface area contributed by atoms with Crippen LogP contribution in [-0.2, 0) is 13.5 Å². The molecule has 0 atom stereocenters. The number of carbonyl (C=O) groups excluding carboxylic acids is 1. The summed E-state index contributed by atoms with van der Waals surface area (Å²) in [7, 11) is 1.69. The number of aryl methyl sites for hydroxylation is 2. The van der Waals surface area contributed by atoms with E-state index in [0.717, 1.165) is 12.0 Å². The summed E-state index contributed by atoms with van der Waals surface area (Å²) in [5.74, 6) is -0.134. The van der Waals surface area contributed by atoms with E-state index in [4.69, 9.17) is 0 Å². The molecule has 2 aromatic heterocycles. The van der Waals surface area contributed by atoms with E-state index in [0.29, 0.717) is 11.4 Å². The smallest absolute Gasteiger partial charge is 0.231 e. The van der Waals surface area contributed by atoms with Crippen LogP contribution in [0, 0.1) is 0 Å². The summed E-state index contributed by atoms with van der Waals surface area (Å²) in [5.41, 5.74) is 1.87. The second-order valence-electron chi connectivity index (χ2n) is 3.44. The van der Waals surface area contributed by atoms with E-state index in [-0.39, 0.29) is 5.78 Å². The molecule has 0 spiro atoms. The zero-order chi connectivity index (χ0) is 11.5. The van der Waals surface area contributed by atoms with Crippen molar-refractivity contribution < 1.29 is 4.79 Å². The lowest BCUT2D eigenvalue weighted by Crippen LogP contribution is -2.12. The van der Waals surface area contributed by atoms with E-state index in [9.17, 15) is 4.79 Å². The number of ketones is 1. The first kappa shape index (κ1) is 10.5. The molecule has 5 heteroatoms. The van der Waals surface area contributed by atoms with E-state index >= 15 is 0 Å². The van der Waals surface area contributed by atoms with Gasteiger partial charge in [0.05, 0.1) is 6.20 Å². The highest BCUT2D eigenvalue weighted by atomic mass is 16.1. The lowest BCUT2D eigenvalue weighted by Gasteiger charge is -2.04. The molecule has 16 heavy (non-hydrogen) atoms. The van der Waals surface area contributed by atoms with Crippen LogP contribution in [-0.4, -0.2) is 25.8 Å². The summed E-state index contributed by atoms with van der Waals surface area (Å²) in [5, 5.41) is 7.42. The fourth-order valence-corrected chi connectivity index (χ4v) is 1.54. The quantitative estimate of drug-likeness (QED) is 0.718. The second kappa shape index (κ2) is 4.22. The predicted molar refractivity (Wildman–Crippen MR) is 58.1 cm³/mol. The Kier molecular flexibility index (Phi) is 2.76. The molecule has 0 N–H and O–H groups in total. The molecule has 2 heterocycles. The molecule has 0 saturated heterocycles. The summed E-state index contributed by atoms with van der Waals surface area (Å²) in [4.78, 5) is 16.3. The first-order chi connectivity index (χ1) is 7.74. The highest BCUT2D eigenvalue weighted by Crippen LogP contribution is 2.11. The third kappa shape index (κ3) is 1.71. The first-order valence-electron chi connectivity index (χ1n) is 5.07. The lowest BCUT2D eigenvalue weighted by atomic mass is 10.1. The number of hydrogen-bond acceptors (Lipinski definition) is 4. The Labute approximate surface area is 93.1 Å². The highest BCUT2D eigenvalue weighted by Gasteiger charge is 2.17. The standard InChI is InChI=1S/C11H12N4O/c1-3-8-5-4-6-12-10(8)11(16)9-7-13-14-15(9)2/h4-7H,3H2,1-2H3. The Morgan fingerprint density at radius 2 is 2.31 bits per heavy atom. The molecule has 0 aliphatic rings.